The molecule has 2 heterocycles. The molecule has 2 aliphatic heterocycles. The molecule has 4 unspecified atom stereocenters. The first-order chi connectivity index (χ1) is 4.27. The van der Waals surface area contributed by atoms with Crippen LogP contribution >= 0.6 is 0 Å². The number of fused-ring (bicyclic) bond motifs is 1. The van der Waals surface area contributed by atoms with Gasteiger partial charge in [-0.3, -0.25) is 0 Å². The Balaban J connectivity index is 1.98. The molecule has 9 heavy (non-hydrogen) atoms. The average molecular weight is 130 g/mol. The van der Waals surface area contributed by atoms with Gasteiger partial charge >= 0.3 is 0 Å². The lowest BCUT2D eigenvalue weighted by molar-refractivity contribution is -0.128. The zero-order chi connectivity index (χ0) is 6.43. The largest absolute Gasteiger partial charge is 0.342 e. The first kappa shape index (κ1) is 5.65. The van der Waals surface area contributed by atoms with E-state index in [1.807, 2.05) is 13.8 Å². The van der Waals surface area contributed by atoms with Crippen molar-refractivity contribution in [2.75, 3.05) is 0 Å². The number of epoxide rings is 1. The summed E-state index contributed by atoms with van der Waals surface area (Å²) in [4.78, 5) is 0. The van der Waals surface area contributed by atoms with Crippen LogP contribution < -0.4 is 0 Å². The van der Waals surface area contributed by atoms with E-state index in [4.69, 9.17) is 14.2 Å². The smallest absolute Gasteiger partial charge is 0.212 e. The molecule has 52 valence electrons. The average Bonchev–Trinajstić information content (AvgIpc) is 2.46. The highest BCUT2D eigenvalue weighted by Gasteiger charge is 2.48. The first-order valence-electron chi connectivity index (χ1n) is 3.24. The second kappa shape index (κ2) is 1.68. The summed E-state index contributed by atoms with van der Waals surface area (Å²) in [7, 11) is 0. The highest BCUT2D eigenvalue weighted by molar-refractivity contribution is 4.77. The summed E-state index contributed by atoms with van der Waals surface area (Å²) >= 11 is 0. The molecule has 3 nitrogen and oxygen atoms in total. The Labute approximate surface area is 53.9 Å². The standard InChI is InChI=1S/C6H10O3/c1-3-4(2)8-6-5(7-3)9-6/h3-6H,1-2H3. The third-order valence-electron chi connectivity index (χ3n) is 1.77. The van der Waals surface area contributed by atoms with Crippen LogP contribution in [0.25, 0.3) is 0 Å². The van der Waals surface area contributed by atoms with E-state index in [1.165, 1.54) is 0 Å². The minimum absolute atomic E-state index is 0.0591. The monoisotopic (exact) mass is 130 g/mol. The van der Waals surface area contributed by atoms with Crippen molar-refractivity contribution in [2.45, 2.75) is 38.6 Å². The number of rotatable bonds is 0. The van der Waals surface area contributed by atoms with E-state index in [2.05, 4.69) is 0 Å². The Morgan fingerprint density at radius 1 is 0.778 bits per heavy atom. The van der Waals surface area contributed by atoms with Crippen molar-refractivity contribution in [2.24, 2.45) is 0 Å². The Kier molecular flexibility index (Phi) is 1.06. The number of hydrogen-bond donors (Lipinski definition) is 0. The lowest BCUT2D eigenvalue weighted by Gasteiger charge is -2.22. The van der Waals surface area contributed by atoms with Crippen LogP contribution in [0.4, 0.5) is 0 Å². The van der Waals surface area contributed by atoms with E-state index in [0.29, 0.717) is 0 Å². The van der Waals surface area contributed by atoms with Gasteiger partial charge in [-0.1, -0.05) is 0 Å². The van der Waals surface area contributed by atoms with Crippen molar-refractivity contribution in [3.8, 4) is 0 Å². The second-order valence-electron chi connectivity index (χ2n) is 2.56. The maximum Gasteiger partial charge on any atom is 0.212 e. The molecular weight excluding hydrogens is 120 g/mol. The quantitative estimate of drug-likeness (QED) is 0.447. The summed E-state index contributed by atoms with van der Waals surface area (Å²) in [6.45, 7) is 3.98. The Morgan fingerprint density at radius 2 is 1.22 bits per heavy atom. The molecule has 0 amide bonds. The fraction of sp³-hybridized carbons (Fsp3) is 1.00. The second-order valence-corrected chi connectivity index (χ2v) is 2.56. The molecule has 0 saturated carbocycles. The molecule has 2 fully saturated rings. The third kappa shape index (κ3) is 0.852. The van der Waals surface area contributed by atoms with Crippen LogP contribution in [0.5, 0.6) is 0 Å². The molecule has 0 aromatic rings. The predicted molar refractivity (Wildman–Crippen MR) is 29.8 cm³/mol. The molecule has 3 heteroatoms. The van der Waals surface area contributed by atoms with Crippen LogP contribution in [0.15, 0.2) is 0 Å². The lowest BCUT2D eigenvalue weighted by Crippen LogP contribution is -2.33. The van der Waals surface area contributed by atoms with Crippen LogP contribution in [0.3, 0.4) is 0 Å². The maximum atomic E-state index is 5.33. The molecular formula is C6H10O3. The van der Waals surface area contributed by atoms with Gasteiger partial charge in [0.2, 0.25) is 12.6 Å². The third-order valence-corrected chi connectivity index (χ3v) is 1.77. The van der Waals surface area contributed by atoms with E-state index in [0.717, 1.165) is 0 Å². The van der Waals surface area contributed by atoms with Gasteiger partial charge in [0.05, 0.1) is 12.2 Å². The summed E-state index contributed by atoms with van der Waals surface area (Å²) < 4.78 is 15.6. The van der Waals surface area contributed by atoms with E-state index in [1.54, 1.807) is 0 Å². The highest BCUT2D eigenvalue weighted by atomic mass is 16.9. The molecule has 2 rings (SSSR count). The molecule has 0 N–H and O–H groups in total. The Hall–Kier alpha value is -0.120. The van der Waals surface area contributed by atoms with Crippen molar-refractivity contribution >= 4 is 0 Å². The van der Waals surface area contributed by atoms with Crippen LogP contribution in [-0.4, -0.2) is 24.8 Å². The summed E-state index contributed by atoms with van der Waals surface area (Å²) in [5.41, 5.74) is 0. The molecule has 0 aromatic heterocycles. The fourth-order valence-corrected chi connectivity index (χ4v) is 0.924. The van der Waals surface area contributed by atoms with Gasteiger partial charge in [0.25, 0.3) is 0 Å². The number of hydrogen-bond acceptors (Lipinski definition) is 3. The predicted octanol–water partition coefficient (Wildman–Crippen LogP) is 0.493. The van der Waals surface area contributed by atoms with Gasteiger partial charge in [-0.2, -0.15) is 0 Å². The van der Waals surface area contributed by atoms with Gasteiger partial charge < -0.3 is 14.2 Å². The van der Waals surface area contributed by atoms with E-state index in [-0.39, 0.29) is 24.8 Å². The molecule has 0 aromatic carbocycles. The first-order valence-corrected chi connectivity index (χ1v) is 3.24. The van der Waals surface area contributed by atoms with Gasteiger partial charge in [-0.25, -0.2) is 0 Å². The van der Waals surface area contributed by atoms with Crippen LogP contribution in [0, 0.1) is 0 Å². The van der Waals surface area contributed by atoms with Gasteiger partial charge in [0.15, 0.2) is 0 Å². The summed E-state index contributed by atoms with van der Waals surface area (Å²) in [5, 5.41) is 0. The van der Waals surface area contributed by atoms with Gasteiger partial charge in [-0.05, 0) is 13.8 Å². The van der Waals surface area contributed by atoms with Gasteiger partial charge in [-0.15, -0.1) is 0 Å². The van der Waals surface area contributed by atoms with E-state index < -0.39 is 0 Å². The van der Waals surface area contributed by atoms with E-state index >= 15 is 0 Å². The highest BCUT2D eigenvalue weighted by Crippen LogP contribution is 2.33. The SMILES string of the molecule is CC1OC2OC2OC1C. The molecule has 0 radical (unpaired) electrons. The number of ether oxygens (including phenoxy) is 3. The summed E-state index contributed by atoms with van der Waals surface area (Å²) in [5.74, 6) is 0. The topological polar surface area (TPSA) is 31.0 Å². The van der Waals surface area contributed by atoms with Crippen molar-refractivity contribution in [3.63, 3.8) is 0 Å². The lowest BCUT2D eigenvalue weighted by atomic mass is 10.2. The Morgan fingerprint density at radius 3 is 1.67 bits per heavy atom. The minimum Gasteiger partial charge on any atom is -0.342 e. The summed E-state index contributed by atoms with van der Waals surface area (Å²) in [6, 6.07) is 0. The van der Waals surface area contributed by atoms with E-state index in [9.17, 15) is 0 Å². The van der Waals surface area contributed by atoms with Crippen molar-refractivity contribution < 1.29 is 14.2 Å². The molecule has 0 spiro atoms. The normalized spacial score (nSPS) is 56.7. The molecule has 4 atom stereocenters. The zero-order valence-electron chi connectivity index (χ0n) is 5.53. The summed E-state index contributed by atoms with van der Waals surface area (Å²) in [6.07, 6.45) is 0.231. The maximum absolute atomic E-state index is 5.33. The van der Waals surface area contributed by atoms with Gasteiger partial charge in [0, 0.05) is 0 Å². The van der Waals surface area contributed by atoms with Gasteiger partial charge in [0.1, 0.15) is 0 Å². The van der Waals surface area contributed by atoms with Crippen molar-refractivity contribution in [3.05, 3.63) is 0 Å². The van der Waals surface area contributed by atoms with Crippen molar-refractivity contribution in [1.29, 1.82) is 0 Å². The fourth-order valence-electron chi connectivity index (χ4n) is 0.924. The van der Waals surface area contributed by atoms with Crippen LogP contribution in [0.1, 0.15) is 13.8 Å². The Bertz CT molecular complexity index is 111. The molecule has 0 aliphatic carbocycles. The minimum atomic E-state index is -0.0591. The molecule has 2 aliphatic rings. The van der Waals surface area contributed by atoms with Crippen LogP contribution in [-0.2, 0) is 14.2 Å². The van der Waals surface area contributed by atoms with Crippen molar-refractivity contribution in [1.82, 2.24) is 0 Å². The molecule has 2 saturated heterocycles. The molecule has 0 bridgehead atoms. The van der Waals surface area contributed by atoms with Crippen LogP contribution in [0.2, 0.25) is 0 Å². The zero-order valence-corrected chi connectivity index (χ0v) is 5.53.